The van der Waals surface area contributed by atoms with E-state index in [1.165, 1.54) is 6.42 Å². The van der Waals surface area contributed by atoms with Crippen molar-refractivity contribution in [1.29, 1.82) is 0 Å². The second-order valence-corrected chi connectivity index (χ2v) is 5.19. The van der Waals surface area contributed by atoms with Crippen LogP contribution in [-0.4, -0.2) is 40.1 Å². The highest BCUT2D eigenvalue weighted by atomic mass is 32.1. The van der Waals surface area contributed by atoms with Crippen LogP contribution >= 0.6 is 12.2 Å². The van der Waals surface area contributed by atoms with Crippen LogP contribution in [-0.2, 0) is 4.79 Å². The Morgan fingerprint density at radius 2 is 2.12 bits per heavy atom. The fraction of sp³-hybridized carbons (Fsp3) is 0.818. The second kappa shape index (κ2) is 4.30. The Balaban J connectivity index is 2.07. The van der Waals surface area contributed by atoms with E-state index < -0.39 is 5.41 Å². The maximum absolute atomic E-state index is 12.3. The molecular weight excluding hydrogens is 224 g/mol. The lowest BCUT2D eigenvalue weighted by Gasteiger charge is -2.39. The number of rotatable bonds is 5. The molecule has 0 unspecified atom stereocenters. The van der Waals surface area contributed by atoms with Gasteiger partial charge in [-0.15, -0.1) is 0 Å². The summed E-state index contributed by atoms with van der Waals surface area (Å²) in [4.78, 5) is 14.4. The highest BCUT2D eigenvalue weighted by molar-refractivity contribution is 7.80. The third-order valence-electron chi connectivity index (χ3n) is 3.75. The van der Waals surface area contributed by atoms with Crippen LogP contribution in [0.5, 0.6) is 0 Å². The van der Waals surface area contributed by atoms with Crippen LogP contribution in [0.25, 0.3) is 0 Å². The summed E-state index contributed by atoms with van der Waals surface area (Å²) in [6, 6.07) is 0.298. The van der Waals surface area contributed by atoms with Crippen molar-refractivity contribution in [1.82, 2.24) is 4.90 Å². The second-order valence-electron chi connectivity index (χ2n) is 4.75. The van der Waals surface area contributed by atoms with Crippen molar-refractivity contribution in [3.05, 3.63) is 0 Å². The Labute approximate surface area is 101 Å². The SMILES string of the molecule is NC(=S)C1(C(=O)N(CCO)C2CCC2)CC1. The van der Waals surface area contributed by atoms with Crippen molar-refractivity contribution in [2.75, 3.05) is 13.2 Å². The largest absolute Gasteiger partial charge is 0.395 e. The molecule has 16 heavy (non-hydrogen) atoms. The highest BCUT2D eigenvalue weighted by Gasteiger charge is 2.55. The average molecular weight is 242 g/mol. The molecule has 0 heterocycles. The zero-order valence-electron chi connectivity index (χ0n) is 9.32. The first-order valence-corrected chi connectivity index (χ1v) is 6.24. The van der Waals surface area contributed by atoms with Gasteiger partial charge in [0.05, 0.1) is 17.0 Å². The van der Waals surface area contributed by atoms with Gasteiger partial charge in [0.2, 0.25) is 5.91 Å². The predicted octanol–water partition coefficient (Wildman–Crippen LogP) is 0.426. The van der Waals surface area contributed by atoms with E-state index in [9.17, 15) is 4.79 Å². The van der Waals surface area contributed by atoms with Gasteiger partial charge in [-0.1, -0.05) is 12.2 Å². The summed E-state index contributed by atoms with van der Waals surface area (Å²) in [5.41, 5.74) is 5.08. The van der Waals surface area contributed by atoms with Crippen LogP contribution in [0.4, 0.5) is 0 Å². The lowest BCUT2D eigenvalue weighted by molar-refractivity contribution is -0.139. The summed E-state index contributed by atoms with van der Waals surface area (Å²) in [5, 5.41) is 9.02. The van der Waals surface area contributed by atoms with E-state index >= 15 is 0 Å². The van der Waals surface area contributed by atoms with Crippen LogP contribution < -0.4 is 5.73 Å². The zero-order valence-corrected chi connectivity index (χ0v) is 10.1. The molecule has 0 saturated heterocycles. The number of carbonyl (C=O) groups is 1. The van der Waals surface area contributed by atoms with E-state index in [2.05, 4.69) is 0 Å². The van der Waals surface area contributed by atoms with Crippen molar-refractivity contribution in [3.8, 4) is 0 Å². The number of nitrogens with zero attached hydrogens (tertiary/aromatic N) is 1. The number of hydrogen-bond acceptors (Lipinski definition) is 3. The summed E-state index contributed by atoms with van der Waals surface area (Å²) in [5.74, 6) is 0.0405. The number of thiocarbonyl (C=S) groups is 1. The molecule has 90 valence electrons. The Bertz CT molecular complexity index is 311. The molecule has 5 heteroatoms. The van der Waals surface area contributed by atoms with Crippen LogP contribution in [0.2, 0.25) is 0 Å². The van der Waals surface area contributed by atoms with Gasteiger partial charge in [0.15, 0.2) is 0 Å². The summed E-state index contributed by atoms with van der Waals surface area (Å²) in [6.45, 7) is 0.420. The van der Waals surface area contributed by atoms with E-state index in [1.54, 1.807) is 4.90 Å². The monoisotopic (exact) mass is 242 g/mol. The minimum absolute atomic E-state index is 0.00958. The van der Waals surface area contributed by atoms with E-state index in [1.807, 2.05) is 0 Å². The van der Waals surface area contributed by atoms with Crippen LogP contribution in [0.15, 0.2) is 0 Å². The predicted molar refractivity (Wildman–Crippen MR) is 64.9 cm³/mol. The molecule has 0 radical (unpaired) electrons. The van der Waals surface area contributed by atoms with Crippen molar-refractivity contribution >= 4 is 23.1 Å². The molecule has 1 amide bonds. The molecule has 0 aromatic heterocycles. The molecule has 2 saturated carbocycles. The van der Waals surface area contributed by atoms with Crippen LogP contribution in [0.1, 0.15) is 32.1 Å². The Morgan fingerprint density at radius 1 is 1.50 bits per heavy atom. The number of aliphatic hydroxyl groups is 1. The number of carbonyl (C=O) groups excluding carboxylic acids is 1. The van der Waals surface area contributed by atoms with E-state index in [0.717, 1.165) is 25.7 Å². The third kappa shape index (κ3) is 1.82. The first-order valence-electron chi connectivity index (χ1n) is 5.83. The minimum Gasteiger partial charge on any atom is -0.395 e. The molecular formula is C11H18N2O2S. The molecule has 2 fully saturated rings. The smallest absolute Gasteiger partial charge is 0.235 e. The summed E-state index contributed by atoms with van der Waals surface area (Å²) < 4.78 is 0. The standard InChI is InChI=1S/C11H18N2O2S/c12-9(16)11(4-5-11)10(15)13(6-7-14)8-2-1-3-8/h8,14H,1-7H2,(H2,12,16). The van der Waals surface area contributed by atoms with Crippen molar-refractivity contribution in [3.63, 3.8) is 0 Å². The van der Waals surface area contributed by atoms with E-state index in [4.69, 9.17) is 23.1 Å². The molecule has 0 aromatic rings. The minimum atomic E-state index is -0.569. The lowest BCUT2D eigenvalue weighted by Crippen LogP contribution is -2.51. The fourth-order valence-corrected chi connectivity index (χ4v) is 2.51. The molecule has 0 aliphatic heterocycles. The quantitative estimate of drug-likeness (QED) is 0.686. The zero-order chi connectivity index (χ0) is 11.8. The van der Waals surface area contributed by atoms with Gasteiger partial charge in [-0.05, 0) is 32.1 Å². The van der Waals surface area contributed by atoms with Gasteiger partial charge in [0, 0.05) is 12.6 Å². The van der Waals surface area contributed by atoms with Gasteiger partial charge < -0.3 is 15.7 Å². The molecule has 2 rings (SSSR count). The first-order chi connectivity index (χ1) is 7.62. The molecule has 4 nitrogen and oxygen atoms in total. The molecule has 2 aliphatic carbocycles. The normalized spacial score (nSPS) is 22.3. The van der Waals surface area contributed by atoms with Gasteiger partial charge >= 0.3 is 0 Å². The summed E-state index contributed by atoms with van der Waals surface area (Å²) in [6.07, 6.45) is 4.80. The summed E-state index contributed by atoms with van der Waals surface area (Å²) >= 11 is 4.98. The van der Waals surface area contributed by atoms with Gasteiger partial charge in [0.1, 0.15) is 0 Å². The first kappa shape index (κ1) is 11.8. The lowest BCUT2D eigenvalue weighted by atomic mass is 9.90. The van der Waals surface area contributed by atoms with Gasteiger partial charge in [-0.3, -0.25) is 4.79 Å². The molecule has 3 N–H and O–H groups in total. The van der Waals surface area contributed by atoms with Crippen molar-refractivity contribution in [2.24, 2.45) is 11.1 Å². The Morgan fingerprint density at radius 3 is 2.44 bits per heavy atom. The fourth-order valence-electron chi connectivity index (χ4n) is 2.22. The highest BCUT2D eigenvalue weighted by Crippen LogP contribution is 2.48. The van der Waals surface area contributed by atoms with Gasteiger partial charge in [-0.2, -0.15) is 0 Å². The molecule has 0 atom stereocenters. The topological polar surface area (TPSA) is 66.6 Å². The number of amides is 1. The van der Waals surface area contributed by atoms with Gasteiger partial charge in [0.25, 0.3) is 0 Å². The summed E-state index contributed by atoms with van der Waals surface area (Å²) in [7, 11) is 0. The Hall–Kier alpha value is -0.680. The van der Waals surface area contributed by atoms with Crippen LogP contribution in [0, 0.1) is 5.41 Å². The van der Waals surface area contributed by atoms with Crippen molar-refractivity contribution in [2.45, 2.75) is 38.1 Å². The van der Waals surface area contributed by atoms with E-state index in [-0.39, 0.29) is 12.5 Å². The maximum atomic E-state index is 12.3. The molecule has 0 bridgehead atoms. The molecule has 0 aromatic carbocycles. The third-order valence-corrected chi connectivity index (χ3v) is 4.14. The molecule has 2 aliphatic rings. The number of hydrogen-bond donors (Lipinski definition) is 2. The van der Waals surface area contributed by atoms with Crippen molar-refractivity contribution < 1.29 is 9.90 Å². The maximum Gasteiger partial charge on any atom is 0.235 e. The number of aliphatic hydroxyl groups excluding tert-OH is 1. The van der Waals surface area contributed by atoms with E-state index in [0.29, 0.717) is 17.6 Å². The number of nitrogens with two attached hydrogens (primary N) is 1. The molecule has 0 spiro atoms. The Kier molecular flexibility index (Phi) is 3.17. The van der Waals surface area contributed by atoms with Gasteiger partial charge in [-0.25, -0.2) is 0 Å². The average Bonchev–Trinajstić information content (AvgIpc) is 2.93. The van der Waals surface area contributed by atoms with Crippen LogP contribution in [0.3, 0.4) is 0 Å².